The quantitative estimate of drug-likeness (QED) is 0.746. The van der Waals surface area contributed by atoms with Crippen LogP contribution in [0.1, 0.15) is 55.4 Å². The lowest BCUT2D eigenvalue weighted by molar-refractivity contribution is -0.140. The van der Waals surface area contributed by atoms with Gasteiger partial charge in [-0.05, 0) is 42.9 Å². The first-order valence-electron chi connectivity index (χ1n) is 9.97. The Bertz CT molecular complexity index is 797. The van der Waals surface area contributed by atoms with E-state index in [-0.39, 0.29) is 11.8 Å². The van der Waals surface area contributed by atoms with Crippen molar-refractivity contribution in [3.8, 4) is 0 Å². The largest absolute Gasteiger partial charge is 0.357 e. The molecule has 0 fully saturated rings. The first-order valence-corrected chi connectivity index (χ1v) is 9.97. The van der Waals surface area contributed by atoms with Crippen LogP contribution in [0.15, 0.2) is 48.5 Å². The molecule has 0 heterocycles. The number of nitrogens with one attached hydrogen (secondary N) is 1. The molecule has 0 bridgehead atoms. The summed E-state index contributed by atoms with van der Waals surface area (Å²) >= 11 is 0. The zero-order chi connectivity index (χ0) is 20.7. The summed E-state index contributed by atoms with van der Waals surface area (Å²) < 4.78 is 0. The molecule has 2 amide bonds. The normalized spacial score (nSPS) is 11.9. The van der Waals surface area contributed by atoms with Gasteiger partial charge in [0.15, 0.2) is 0 Å². The van der Waals surface area contributed by atoms with Crippen molar-refractivity contribution in [2.75, 3.05) is 7.05 Å². The Hall–Kier alpha value is -2.62. The molecule has 1 unspecified atom stereocenters. The van der Waals surface area contributed by atoms with Gasteiger partial charge in [-0.25, -0.2) is 0 Å². The third-order valence-corrected chi connectivity index (χ3v) is 5.12. The number of rotatable bonds is 8. The van der Waals surface area contributed by atoms with Gasteiger partial charge < -0.3 is 10.2 Å². The zero-order valence-corrected chi connectivity index (χ0v) is 17.7. The number of amides is 2. The molecular formula is C24H32N2O2. The summed E-state index contributed by atoms with van der Waals surface area (Å²) in [7, 11) is 1.60. The predicted octanol–water partition coefficient (Wildman–Crippen LogP) is 4.21. The van der Waals surface area contributed by atoms with Crippen molar-refractivity contribution in [1.82, 2.24) is 10.2 Å². The SMILES string of the molecule is CNC(=O)C(C)N(Cc1cccc(C)c1)C(=O)CCc1ccc(C(C)C)cc1. The van der Waals surface area contributed by atoms with E-state index in [2.05, 4.69) is 49.5 Å². The minimum atomic E-state index is -0.513. The molecular weight excluding hydrogens is 348 g/mol. The van der Waals surface area contributed by atoms with Gasteiger partial charge in [-0.1, -0.05) is 67.9 Å². The number of hydrogen-bond acceptors (Lipinski definition) is 2. The number of likely N-dealkylation sites (N-methyl/N-ethyl adjacent to an activating group) is 1. The third kappa shape index (κ3) is 5.95. The van der Waals surface area contributed by atoms with Gasteiger partial charge in [0.25, 0.3) is 0 Å². The van der Waals surface area contributed by atoms with Gasteiger partial charge in [0.2, 0.25) is 11.8 Å². The molecule has 0 spiro atoms. The van der Waals surface area contributed by atoms with Crippen LogP contribution in [0.5, 0.6) is 0 Å². The van der Waals surface area contributed by atoms with Gasteiger partial charge in [-0.15, -0.1) is 0 Å². The molecule has 0 aliphatic heterocycles. The number of aryl methyl sites for hydroxylation is 2. The molecule has 0 radical (unpaired) electrons. The molecule has 0 aromatic heterocycles. The second-order valence-electron chi connectivity index (χ2n) is 7.70. The Balaban J connectivity index is 2.10. The predicted molar refractivity (Wildman–Crippen MR) is 114 cm³/mol. The Morgan fingerprint density at radius 3 is 2.25 bits per heavy atom. The number of hydrogen-bond donors (Lipinski definition) is 1. The Labute approximate surface area is 169 Å². The van der Waals surface area contributed by atoms with Crippen LogP contribution in [-0.2, 0) is 22.6 Å². The fourth-order valence-corrected chi connectivity index (χ4v) is 3.26. The summed E-state index contributed by atoms with van der Waals surface area (Å²) in [5.74, 6) is 0.335. The second kappa shape index (κ2) is 10.1. The van der Waals surface area contributed by atoms with Crippen molar-refractivity contribution in [1.29, 1.82) is 0 Å². The van der Waals surface area contributed by atoms with Crippen molar-refractivity contribution in [3.63, 3.8) is 0 Å². The Morgan fingerprint density at radius 1 is 1.00 bits per heavy atom. The first kappa shape index (κ1) is 21.7. The molecule has 1 N–H and O–H groups in total. The van der Waals surface area contributed by atoms with Gasteiger partial charge in [-0.2, -0.15) is 0 Å². The van der Waals surface area contributed by atoms with Gasteiger partial charge in [0, 0.05) is 20.0 Å². The van der Waals surface area contributed by atoms with E-state index in [9.17, 15) is 9.59 Å². The summed E-state index contributed by atoms with van der Waals surface area (Å²) in [6.07, 6.45) is 1.05. The molecule has 1 atom stereocenters. The number of benzene rings is 2. The molecule has 0 aliphatic rings. The minimum absolute atomic E-state index is 0.00876. The highest BCUT2D eigenvalue weighted by atomic mass is 16.2. The topological polar surface area (TPSA) is 49.4 Å². The highest BCUT2D eigenvalue weighted by Gasteiger charge is 2.25. The summed E-state index contributed by atoms with van der Waals surface area (Å²) in [4.78, 5) is 26.9. The molecule has 0 saturated carbocycles. The van der Waals surface area contributed by atoms with Crippen molar-refractivity contribution >= 4 is 11.8 Å². The van der Waals surface area contributed by atoms with Gasteiger partial charge >= 0.3 is 0 Å². The highest BCUT2D eigenvalue weighted by molar-refractivity contribution is 5.87. The van der Waals surface area contributed by atoms with E-state index in [0.717, 1.165) is 16.7 Å². The average Bonchev–Trinajstić information content (AvgIpc) is 2.69. The van der Waals surface area contributed by atoms with Gasteiger partial charge in [-0.3, -0.25) is 9.59 Å². The molecule has 150 valence electrons. The lowest BCUT2D eigenvalue weighted by Gasteiger charge is -2.28. The highest BCUT2D eigenvalue weighted by Crippen LogP contribution is 2.17. The van der Waals surface area contributed by atoms with Crippen LogP contribution in [0.2, 0.25) is 0 Å². The van der Waals surface area contributed by atoms with E-state index in [1.165, 1.54) is 5.56 Å². The van der Waals surface area contributed by atoms with Crippen LogP contribution < -0.4 is 5.32 Å². The fraction of sp³-hybridized carbons (Fsp3) is 0.417. The molecule has 4 nitrogen and oxygen atoms in total. The van der Waals surface area contributed by atoms with Crippen molar-refractivity contribution in [3.05, 3.63) is 70.8 Å². The van der Waals surface area contributed by atoms with E-state index in [1.807, 2.05) is 25.1 Å². The molecule has 4 heteroatoms. The lowest BCUT2D eigenvalue weighted by Crippen LogP contribution is -2.46. The monoisotopic (exact) mass is 380 g/mol. The van der Waals surface area contributed by atoms with Crippen molar-refractivity contribution in [2.24, 2.45) is 0 Å². The fourth-order valence-electron chi connectivity index (χ4n) is 3.26. The van der Waals surface area contributed by atoms with Crippen LogP contribution >= 0.6 is 0 Å². The molecule has 0 saturated heterocycles. The van der Waals surface area contributed by atoms with Crippen molar-refractivity contribution < 1.29 is 9.59 Å². The number of carbonyl (C=O) groups excluding carboxylic acids is 2. The zero-order valence-electron chi connectivity index (χ0n) is 17.7. The second-order valence-corrected chi connectivity index (χ2v) is 7.70. The Morgan fingerprint density at radius 2 is 1.68 bits per heavy atom. The van der Waals surface area contributed by atoms with Crippen LogP contribution in [0, 0.1) is 6.92 Å². The summed E-state index contributed by atoms with van der Waals surface area (Å²) in [6.45, 7) is 8.58. The number of carbonyl (C=O) groups is 2. The van der Waals surface area contributed by atoms with Crippen LogP contribution in [0.4, 0.5) is 0 Å². The van der Waals surface area contributed by atoms with Crippen LogP contribution in [-0.4, -0.2) is 29.8 Å². The van der Waals surface area contributed by atoms with E-state index in [4.69, 9.17) is 0 Å². The van der Waals surface area contributed by atoms with E-state index in [0.29, 0.717) is 25.3 Å². The van der Waals surface area contributed by atoms with Crippen molar-refractivity contribution in [2.45, 2.75) is 59.0 Å². The third-order valence-electron chi connectivity index (χ3n) is 5.12. The average molecular weight is 381 g/mol. The molecule has 28 heavy (non-hydrogen) atoms. The first-order chi connectivity index (χ1) is 13.3. The van der Waals surface area contributed by atoms with E-state index < -0.39 is 6.04 Å². The maximum atomic E-state index is 13.0. The molecule has 0 aliphatic carbocycles. The number of nitrogens with zero attached hydrogens (tertiary/aromatic N) is 1. The van der Waals surface area contributed by atoms with Crippen LogP contribution in [0.25, 0.3) is 0 Å². The summed E-state index contributed by atoms with van der Waals surface area (Å²) in [5, 5.41) is 2.65. The summed E-state index contributed by atoms with van der Waals surface area (Å²) in [5.41, 5.74) is 4.61. The minimum Gasteiger partial charge on any atom is -0.357 e. The molecule has 2 rings (SSSR count). The molecule has 2 aromatic carbocycles. The maximum Gasteiger partial charge on any atom is 0.242 e. The van der Waals surface area contributed by atoms with Gasteiger partial charge in [0.1, 0.15) is 6.04 Å². The van der Waals surface area contributed by atoms with E-state index in [1.54, 1.807) is 18.9 Å². The standard InChI is InChI=1S/C24H32N2O2/c1-17(2)22-12-9-20(10-13-22)11-14-23(27)26(19(4)24(28)25-5)16-21-8-6-7-18(3)15-21/h6-10,12-13,15,17,19H,11,14,16H2,1-5H3,(H,25,28). The lowest BCUT2D eigenvalue weighted by atomic mass is 10.00. The van der Waals surface area contributed by atoms with Gasteiger partial charge in [0.05, 0.1) is 0 Å². The van der Waals surface area contributed by atoms with Crippen LogP contribution in [0.3, 0.4) is 0 Å². The maximum absolute atomic E-state index is 13.0. The smallest absolute Gasteiger partial charge is 0.242 e. The Kier molecular flexibility index (Phi) is 7.80. The van der Waals surface area contributed by atoms with E-state index >= 15 is 0 Å². The molecule has 2 aromatic rings. The summed E-state index contributed by atoms with van der Waals surface area (Å²) in [6, 6.07) is 16.0.